The minimum atomic E-state index is -0.149. The van der Waals surface area contributed by atoms with Crippen LogP contribution in [0.25, 0.3) is 16.5 Å². The fourth-order valence-corrected chi connectivity index (χ4v) is 3.40. The number of aromatic nitrogens is 1. The fraction of sp³-hybridized carbons (Fsp3) is 0.455. The van der Waals surface area contributed by atoms with Gasteiger partial charge in [-0.1, -0.05) is 19.9 Å². The molecule has 0 saturated carbocycles. The van der Waals surface area contributed by atoms with Gasteiger partial charge in [0.1, 0.15) is 5.75 Å². The van der Waals surface area contributed by atoms with E-state index in [4.69, 9.17) is 9.47 Å². The summed E-state index contributed by atoms with van der Waals surface area (Å²) >= 11 is 0. The SMILES string of the molecule is COCCNC(=O)c1cnc2c(C3=CCC(C)(C)CC3)cc(OC)cc2c1. The summed E-state index contributed by atoms with van der Waals surface area (Å²) in [7, 11) is 3.27. The predicted octanol–water partition coefficient (Wildman–Crippen LogP) is 4.21. The highest BCUT2D eigenvalue weighted by atomic mass is 16.5. The Balaban J connectivity index is 1.98. The number of amides is 1. The number of allylic oxidation sites excluding steroid dienone is 2. The summed E-state index contributed by atoms with van der Waals surface area (Å²) in [5.74, 6) is 0.631. The highest BCUT2D eigenvalue weighted by Gasteiger charge is 2.23. The first-order valence-corrected chi connectivity index (χ1v) is 9.38. The third-order valence-corrected chi connectivity index (χ3v) is 5.16. The number of fused-ring (bicyclic) bond motifs is 1. The van der Waals surface area contributed by atoms with Crippen LogP contribution in [0.3, 0.4) is 0 Å². The van der Waals surface area contributed by atoms with Crippen LogP contribution in [0.15, 0.2) is 30.5 Å². The molecule has 1 aliphatic rings. The van der Waals surface area contributed by atoms with Crippen molar-refractivity contribution in [3.05, 3.63) is 41.6 Å². The van der Waals surface area contributed by atoms with E-state index in [2.05, 4.69) is 36.3 Å². The van der Waals surface area contributed by atoms with Crippen LogP contribution in [0.2, 0.25) is 0 Å². The van der Waals surface area contributed by atoms with Crippen molar-refractivity contribution in [3.8, 4) is 5.75 Å². The third kappa shape index (κ3) is 4.48. The van der Waals surface area contributed by atoms with Crippen molar-refractivity contribution in [1.82, 2.24) is 10.3 Å². The Morgan fingerprint density at radius 3 is 2.74 bits per heavy atom. The van der Waals surface area contributed by atoms with E-state index in [0.717, 1.165) is 41.5 Å². The van der Waals surface area contributed by atoms with Gasteiger partial charge in [0.25, 0.3) is 5.91 Å². The maximum absolute atomic E-state index is 12.3. The minimum Gasteiger partial charge on any atom is -0.497 e. The number of ether oxygens (including phenoxy) is 2. The van der Waals surface area contributed by atoms with Crippen molar-refractivity contribution >= 4 is 22.4 Å². The molecule has 0 saturated heterocycles. The number of benzene rings is 1. The molecular weight excluding hydrogens is 340 g/mol. The highest BCUT2D eigenvalue weighted by molar-refractivity contribution is 5.99. The van der Waals surface area contributed by atoms with E-state index in [1.54, 1.807) is 20.4 Å². The second kappa shape index (κ2) is 8.09. The van der Waals surface area contributed by atoms with Crippen LogP contribution in [0.4, 0.5) is 0 Å². The minimum absolute atomic E-state index is 0.149. The van der Waals surface area contributed by atoms with Crippen molar-refractivity contribution in [3.63, 3.8) is 0 Å². The Hall–Kier alpha value is -2.40. The first kappa shape index (κ1) is 19.4. The van der Waals surface area contributed by atoms with Crippen LogP contribution < -0.4 is 10.1 Å². The number of carbonyl (C=O) groups is 1. The largest absolute Gasteiger partial charge is 0.497 e. The molecule has 5 heteroatoms. The molecule has 0 unspecified atom stereocenters. The first-order chi connectivity index (χ1) is 12.9. The van der Waals surface area contributed by atoms with Crippen molar-refractivity contribution in [1.29, 1.82) is 0 Å². The lowest BCUT2D eigenvalue weighted by atomic mass is 9.77. The molecule has 2 aromatic rings. The number of pyridine rings is 1. The van der Waals surface area contributed by atoms with Crippen molar-refractivity contribution in [2.75, 3.05) is 27.4 Å². The van der Waals surface area contributed by atoms with E-state index in [-0.39, 0.29) is 5.91 Å². The Morgan fingerprint density at radius 1 is 1.26 bits per heavy atom. The first-order valence-electron chi connectivity index (χ1n) is 9.38. The number of nitrogens with one attached hydrogen (secondary N) is 1. The molecule has 1 aliphatic carbocycles. The van der Waals surface area contributed by atoms with E-state index in [1.165, 1.54) is 5.57 Å². The monoisotopic (exact) mass is 368 g/mol. The molecule has 0 aliphatic heterocycles. The molecule has 1 amide bonds. The Labute approximate surface area is 160 Å². The number of hydrogen-bond donors (Lipinski definition) is 1. The smallest absolute Gasteiger partial charge is 0.252 e. The van der Waals surface area contributed by atoms with Crippen LogP contribution in [0.5, 0.6) is 5.75 Å². The lowest BCUT2D eigenvalue weighted by molar-refractivity contribution is 0.0937. The number of methoxy groups -OCH3 is 2. The maximum atomic E-state index is 12.3. The summed E-state index contributed by atoms with van der Waals surface area (Å²) in [6.45, 7) is 5.56. The van der Waals surface area contributed by atoms with Gasteiger partial charge in [-0.15, -0.1) is 0 Å². The fourth-order valence-electron chi connectivity index (χ4n) is 3.40. The summed E-state index contributed by atoms with van der Waals surface area (Å²) in [5.41, 5.74) is 4.21. The number of hydrogen-bond acceptors (Lipinski definition) is 4. The molecule has 1 heterocycles. The Morgan fingerprint density at radius 2 is 2.07 bits per heavy atom. The highest BCUT2D eigenvalue weighted by Crippen LogP contribution is 2.40. The summed E-state index contributed by atoms with van der Waals surface area (Å²) in [4.78, 5) is 17.0. The molecular formula is C22H28N2O3. The zero-order valence-electron chi connectivity index (χ0n) is 16.6. The molecule has 1 aromatic heterocycles. The molecule has 0 radical (unpaired) electrons. The standard InChI is InChI=1S/C22H28N2O3/c1-22(2)7-5-15(6-8-22)19-13-18(27-4)12-16-11-17(14-24-20(16)19)21(25)23-9-10-26-3/h5,11-14H,6-10H2,1-4H3,(H,23,25). The van der Waals surface area contributed by atoms with Gasteiger partial charge in [-0.05, 0) is 48.4 Å². The van der Waals surface area contributed by atoms with Gasteiger partial charge in [-0.25, -0.2) is 0 Å². The molecule has 0 fully saturated rings. The van der Waals surface area contributed by atoms with Crippen LogP contribution >= 0.6 is 0 Å². The van der Waals surface area contributed by atoms with Gasteiger partial charge in [0.15, 0.2) is 0 Å². The lowest BCUT2D eigenvalue weighted by Crippen LogP contribution is -2.27. The number of carbonyl (C=O) groups excluding carboxylic acids is 1. The van der Waals surface area contributed by atoms with Gasteiger partial charge in [-0.3, -0.25) is 9.78 Å². The molecule has 0 atom stereocenters. The van der Waals surface area contributed by atoms with Crippen LogP contribution in [0.1, 0.15) is 49.0 Å². The average Bonchev–Trinajstić information content (AvgIpc) is 2.66. The molecule has 3 rings (SSSR count). The molecule has 27 heavy (non-hydrogen) atoms. The van der Waals surface area contributed by atoms with Gasteiger partial charge < -0.3 is 14.8 Å². The van der Waals surface area contributed by atoms with Gasteiger partial charge in [0, 0.05) is 30.8 Å². The Kier molecular flexibility index (Phi) is 5.80. The van der Waals surface area contributed by atoms with Gasteiger partial charge >= 0.3 is 0 Å². The lowest BCUT2D eigenvalue weighted by Gasteiger charge is -2.29. The quantitative estimate of drug-likeness (QED) is 0.776. The second-order valence-electron chi connectivity index (χ2n) is 7.82. The Bertz CT molecular complexity index is 871. The average molecular weight is 368 g/mol. The van der Waals surface area contributed by atoms with E-state index in [1.807, 2.05) is 12.1 Å². The summed E-state index contributed by atoms with van der Waals surface area (Å²) in [6, 6.07) is 5.87. The molecule has 1 N–H and O–H groups in total. The summed E-state index contributed by atoms with van der Waals surface area (Å²) in [6.07, 6.45) is 7.20. The van der Waals surface area contributed by atoms with Crippen molar-refractivity contribution in [2.45, 2.75) is 33.1 Å². The van der Waals surface area contributed by atoms with E-state index >= 15 is 0 Å². The van der Waals surface area contributed by atoms with Crippen molar-refractivity contribution < 1.29 is 14.3 Å². The molecule has 1 aromatic carbocycles. The topological polar surface area (TPSA) is 60.5 Å². The number of nitrogens with zero attached hydrogens (tertiary/aromatic N) is 1. The van der Waals surface area contributed by atoms with Crippen LogP contribution in [-0.2, 0) is 4.74 Å². The molecule has 5 nitrogen and oxygen atoms in total. The van der Waals surface area contributed by atoms with Gasteiger partial charge in [0.05, 0.1) is 24.8 Å². The maximum Gasteiger partial charge on any atom is 0.252 e. The van der Waals surface area contributed by atoms with Crippen LogP contribution in [0, 0.1) is 5.41 Å². The van der Waals surface area contributed by atoms with Gasteiger partial charge in [0.2, 0.25) is 0 Å². The predicted molar refractivity (Wildman–Crippen MR) is 108 cm³/mol. The number of rotatable bonds is 6. The van der Waals surface area contributed by atoms with Gasteiger partial charge in [-0.2, -0.15) is 0 Å². The second-order valence-corrected chi connectivity index (χ2v) is 7.82. The van der Waals surface area contributed by atoms with Crippen LogP contribution in [-0.4, -0.2) is 38.3 Å². The normalized spacial score (nSPS) is 16.1. The van der Waals surface area contributed by atoms with E-state index in [9.17, 15) is 4.79 Å². The van der Waals surface area contributed by atoms with E-state index < -0.39 is 0 Å². The molecule has 0 bridgehead atoms. The third-order valence-electron chi connectivity index (χ3n) is 5.16. The van der Waals surface area contributed by atoms with Crippen molar-refractivity contribution in [2.24, 2.45) is 5.41 Å². The summed E-state index contributed by atoms with van der Waals surface area (Å²) in [5, 5.41) is 3.75. The zero-order valence-corrected chi connectivity index (χ0v) is 16.6. The van der Waals surface area contributed by atoms with E-state index in [0.29, 0.717) is 24.1 Å². The molecule has 144 valence electrons. The summed E-state index contributed by atoms with van der Waals surface area (Å²) < 4.78 is 10.5. The molecule has 0 spiro atoms. The zero-order chi connectivity index (χ0) is 19.4.